The molecule has 0 fully saturated rings. The van der Waals surface area contributed by atoms with Crippen LogP contribution in [0.25, 0.3) is 78.1 Å². The minimum atomic E-state index is -4.75. The number of carbonyl (C=O) groups excluding carboxylic acids is 1. The highest BCUT2D eigenvalue weighted by molar-refractivity contribution is 7.07. The zero-order valence-electron chi connectivity index (χ0n) is 77.1. The Morgan fingerprint density at radius 3 is 1.26 bits per heavy atom. The number of alkyl halides is 9. The predicted octanol–water partition coefficient (Wildman–Crippen LogP) is 28.1. The maximum Gasteiger partial charge on any atom is 0.416 e. The van der Waals surface area contributed by atoms with Crippen LogP contribution in [-0.4, -0.2) is 91.7 Å². The minimum Gasteiger partial charge on any atom is -0.431 e. The fourth-order valence-electron chi connectivity index (χ4n) is 12.1. The van der Waals surface area contributed by atoms with E-state index in [2.05, 4.69) is 150 Å². The van der Waals surface area contributed by atoms with Gasteiger partial charge in [0.05, 0.1) is 86.0 Å². The van der Waals surface area contributed by atoms with Gasteiger partial charge in [0.2, 0.25) is 18.6 Å². The molecule has 148 heavy (non-hydrogen) atoms. The Bertz CT molecular complexity index is 7020. The Balaban J connectivity index is 0.000000165. The molecule has 0 spiro atoms. The molecule has 36 heteroatoms. The fraction of sp³-hybridized carbons (Fsp3) is 0.0357. The summed E-state index contributed by atoms with van der Waals surface area (Å²) in [5.41, 5.74) is 9.79. The lowest BCUT2D eigenvalue weighted by molar-refractivity contribution is -0.143. The molecule has 2 N–H and O–H groups in total. The molecular weight excluding hydrogens is 1940 g/mol. The smallest absolute Gasteiger partial charge is 0.416 e. The van der Waals surface area contributed by atoms with Crippen LogP contribution in [0.5, 0.6) is 0 Å². The van der Waals surface area contributed by atoms with Crippen molar-refractivity contribution in [3.05, 3.63) is 524 Å². The summed E-state index contributed by atoms with van der Waals surface area (Å²) in [6, 6.07) is 103. The van der Waals surface area contributed by atoms with Crippen molar-refractivity contribution in [2.45, 2.75) is 18.5 Å². The molecule has 0 radical (unpaired) electrons. The van der Waals surface area contributed by atoms with Crippen molar-refractivity contribution in [1.82, 2.24) is 80.2 Å². The summed E-state index contributed by atoms with van der Waals surface area (Å²) < 4.78 is 172. The first-order chi connectivity index (χ1) is 71.8. The average molecular weight is 2020 g/mol. The molecule has 1 atom stereocenters. The Labute approximate surface area is 841 Å². The summed E-state index contributed by atoms with van der Waals surface area (Å²) in [4.78, 5) is 63.1. The number of aliphatic imine (C=N–C) groups is 1. The molecule has 2 aliphatic rings. The SMILES string of the molecule is C#Cc1cc(C#N)cc(C#N)c1.FC(F)(F)c1cccc(C(F)(F)F)c1.FC(F)(F)c1ccccc1.Fc1cc(F)c(F)c(F)c1F.O=C1c2ccccc2N=C2C=CC=CC12.c1c[nH]cn1.c1ccc(-c2cc(-c3ccccc3)[nH]n2)cc1.c1ccc(-c2ncnc(-c3ccccc3)n2)cc1.c1ccc2ncccc2c1.c1ccc2ncccc2c1.c1ccsc1.c1cnc2ncccc2c1.c1ncncn1.c1nnco1. The second-order valence-electron chi connectivity index (χ2n) is 29.2. The summed E-state index contributed by atoms with van der Waals surface area (Å²) in [6.45, 7) is 0. The summed E-state index contributed by atoms with van der Waals surface area (Å²) in [7, 11) is 0. The van der Waals surface area contributed by atoms with Gasteiger partial charge in [0.1, 0.15) is 25.3 Å². The van der Waals surface area contributed by atoms with E-state index in [0.29, 0.717) is 40.5 Å². The van der Waals surface area contributed by atoms with Crippen LogP contribution in [0, 0.1) is 70.0 Å². The van der Waals surface area contributed by atoms with E-state index < -0.39 is 64.3 Å². The molecule has 1 aliphatic carbocycles. The average Bonchev–Trinajstić information content (AvgIpc) is 1.00. The van der Waals surface area contributed by atoms with E-state index >= 15 is 0 Å². The molecule has 21 aromatic rings. The number of pyridine rings is 4. The highest BCUT2D eigenvalue weighted by Gasteiger charge is 2.36. The normalized spacial score (nSPS) is 11.2. The van der Waals surface area contributed by atoms with Gasteiger partial charge < -0.3 is 9.40 Å². The lowest BCUT2D eigenvalue weighted by atomic mass is 9.87. The number of hydrogen-bond acceptors (Lipinski definition) is 20. The van der Waals surface area contributed by atoms with Gasteiger partial charge in [-0.1, -0.05) is 255 Å². The maximum atomic E-state index is 12.1. The van der Waals surface area contributed by atoms with Gasteiger partial charge in [-0.3, -0.25) is 24.9 Å². The van der Waals surface area contributed by atoms with E-state index in [1.807, 2.05) is 266 Å². The van der Waals surface area contributed by atoms with E-state index in [1.54, 1.807) is 67.0 Å². The topological polar surface area (TPSA) is 302 Å². The quantitative estimate of drug-likeness (QED) is 0.0716. The molecule has 1 unspecified atom stereocenters. The van der Waals surface area contributed by atoms with E-state index in [4.69, 9.17) is 16.9 Å². The number of nitriles is 2. The van der Waals surface area contributed by atoms with Gasteiger partial charge in [-0.25, -0.2) is 66.8 Å². The molecule has 0 bridgehead atoms. The van der Waals surface area contributed by atoms with Crippen molar-refractivity contribution >= 4 is 61.4 Å². The number of terminal acetylenes is 1. The third-order valence-electron chi connectivity index (χ3n) is 19.0. The van der Waals surface area contributed by atoms with Crippen LogP contribution in [0.15, 0.2) is 466 Å². The molecule has 738 valence electrons. The van der Waals surface area contributed by atoms with Crippen molar-refractivity contribution in [3.63, 3.8) is 0 Å². The molecular formula is C112H79F14N19O2S. The number of ketones is 1. The zero-order chi connectivity index (χ0) is 105. The number of allylic oxidation sites excluding steroid dienone is 4. The van der Waals surface area contributed by atoms with Crippen LogP contribution in [0.4, 0.5) is 67.2 Å². The minimum absolute atomic E-state index is 0.0618. The number of fused-ring (bicyclic) bond motifs is 5. The number of hydrogen-bond donors (Lipinski definition) is 2. The number of aromatic amines is 2. The number of nitrogens with one attached hydrogen (secondary N) is 2. The molecule has 23 rings (SSSR count). The number of para-hydroxylation sites is 3. The number of H-pyrrole nitrogens is 2. The van der Waals surface area contributed by atoms with Gasteiger partial charge >= 0.3 is 18.5 Å². The Kier molecular flexibility index (Phi) is 44.2. The van der Waals surface area contributed by atoms with Crippen LogP contribution in [-0.2, 0) is 18.5 Å². The fourth-order valence-corrected chi connectivity index (χ4v) is 12.6. The third kappa shape index (κ3) is 37.5. The number of imidazole rings is 1. The predicted molar refractivity (Wildman–Crippen MR) is 538 cm³/mol. The van der Waals surface area contributed by atoms with E-state index in [-0.39, 0.29) is 23.8 Å². The zero-order valence-corrected chi connectivity index (χ0v) is 77.9. The maximum absolute atomic E-state index is 12.1. The summed E-state index contributed by atoms with van der Waals surface area (Å²) >= 11 is 1.71. The highest BCUT2D eigenvalue weighted by atomic mass is 32.1. The largest absolute Gasteiger partial charge is 0.431 e. The number of carbonyl (C=O) groups is 1. The lowest BCUT2D eigenvalue weighted by Crippen LogP contribution is -2.25. The first-order valence-electron chi connectivity index (χ1n) is 43.5. The molecule has 11 aromatic carbocycles. The Morgan fingerprint density at radius 2 is 0.838 bits per heavy atom. The van der Waals surface area contributed by atoms with E-state index in [1.165, 1.54) is 60.7 Å². The van der Waals surface area contributed by atoms with Gasteiger partial charge in [0, 0.05) is 87.2 Å². The lowest BCUT2D eigenvalue weighted by Gasteiger charge is -2.20. The number of thiophene rings is 1. The first-order valence-corrected chi connectivity index (χ1v) is 44.4. The summed E-state index contributed by atoms with van der Waals surface area (Å²) in [5, 5.41) is 38.7. The molecule has 10 aromatic heterocycles. The van der Waals surface area contributed by atoms with E-state index in [0.717, 1.165) is 90.9 Å². The molecule has 21 nitrogen and oxygen atoms in total. The van der Waals surface area contributed by atoms with Crippen LogP contribution >= 0.6 is 11.3 Å². The van der Waals surface area contributed by atoms with Crippen molar-refractivity contribution in [1.29, 1.82) is 10.5 Å². The second kappa shape index (κ2) is 59.3. The number of Topliss-reactive ketones (excluding diaryl/α,β-unsaturated/α-hetero) is 1. The van der Waals surface area contributed by atoms with Crippen LogP contribution in [0.2, 0.25) is 0 Å². The van der Waals surface area contributed by atoms with Gasteiger partial charge in [0.15, 0.2) is 46.3 Å². The van der Waals surface area contributed by atoms with Crippen LogP contribution in [0.3, 0.4) is 0 Å². The number of halogens is 14. The summed E-state index contributed by atoms with van der Waals surface area (Å²) in [6.07, 6.45) is 19.6. The van der Waals surface area contributed by atoms with Gasteiger partial charge in [-0.2, -0.15) is 66.5 Å². The molecule has 1 aliphatic heterocycles. The summed E-state index contributed by atoms with van der Waals surface area (Å²) in [5.74, 6) is -5.91. The number of rotatable bonds is 4. The van der Waals surface area contributed by atoms with Crippen LogP contribution < -0.4 is 0 Å². The molecule has 11 heterocycles. The van der Waals surface area contributed by atoms with Crippen LogP contribution in [0.1, 0.15) is 43.7 Å². The second-order valence-corrected chi connectivity index (χ2v) is 30.0. The number of benzene rings is 11. The molecule has 0 amide bonds. The molecule has 0 saturated heterocycles. The highest BCUT2D eigenvalue weighted by Crippen LogP contribution is 2.36. The van der Waals surface area contributed by atoms with Crippen molar-refractivity contribution < 1.29 is 70.7 Å². The Hall–Kier alpha value is -19.5. The number of aromatic nitrogens is 16. The standard InChI is InChI=1S/C15H11N3.C15H12N2.C13H9NO.C10H4N2.2C9H7N.C8H4F6.C8H6N2.C7H5F3.C6HF5.C4H4S.C3H3N3.C3H4N2.C2H2N2O/c1-3-7-12(8-4-1)14-16-11-17-15(18-14)13-9-5-2-6-10-13;1-3-7-12(8-4-1)14-11-15(17-16-14)13-9-5-2-6-10-13;15-13-9-5-1-3-7-11(9)14-12-8-4-2-6-10(12)13;1-2-8-3-9(6-11)5-10(4-8)7-12;2*1-2-6-9-8(4-1)5-3-7-10-9;9-7(10,11)5-2-1-3-6(4-5)8(12,13)14;1-3-7-4-2-6-10-8(7)9-5-1;8-7(9,10)6-4-2-1-3-5-6;7-2-1-3(8)5(10)6(11)4(2)9;1-2-4-5-3-1;1-4-2-6-3-5-1;1-2-5-3-4-1;1-3-4-2-5-1/h1-11H;1-11H,(H,16,17);1-9H;1,3-5H;2*1-7H;1-4H;1-6H;1-5H;1H;1-4H;1-3H;1-3H,(H,4,5);1-2H. The van der Waals surface area contributed by atoms with E-state index in [9.17, 15) is 66.3 Å². The number of nitrogens with zero attached hydrogens (tertiary/aromatic N) is 17. The van der Waals surface area contributed by atoms with Gasteiger partial charge in [-0.05, 0) is 126 Å². The van der Waals surface area contributed by atoms with Crippen molar-refractivity contribution in [3.8, 4) is 69.8 Å². The molecule has 0 saturated carbocycles. The monoisotopic (exact) mass is 2020 g/mol. The van der Waals surface area contributed by atoms with Gasteiger partial charge in [-0.15, -0.1) is 16.6 Å². The van der Waals surface area contributed by atoms with Crippen molar-refractivity contribution in [2.24, 2.45) is 10.9 Å². The first kappa shape index (κ1) is 110. The van der Waals surface area contributed by atoms with Crippen molar-refractivity contribution in [2.75, 3.05) is 0 Å². The Morgan fingerprint density at radius 1 is 0.399 bits per heavy atom. The van der Waals surface area contributed by atoms with Gasteiger partial charge in [0.25, 0.3) is 0 Å². The third-order valence-corrected chi connectivity index (χ3v) is 19.6.